The van der Waals surface area contributed by atoms with Crippen LogP contribution in [-0.4, -0.2) is 26.6 Å². The largest absolute Gasteiger partial charge is 0.495 e. The third kappa shape index (κ3) is 3.49. The Bertz CT molecular complexity index is 802. The zero-order valence-corrected chi connectivity index (χ0v) is 13.0. The molecule has 2 N–H and O–H groups in total. The fraction of sp³-hybridized carbons (Fsp3) is 0.0714. The normalized spacial score (nSPS) is 11.0. The molecule has 0 heterocycles. The van der Waals surface area contributed by atoms with Crippen molar-refractivity contribution in [1.82, 2.24) is 0 Å². The van der Waals surface area contributed by atoms with Crippen molar-refractivity contribution in [3.8, 4) is 5.75 Å². The van der Waals surface area contributed by atoms with Gasteiger partial charge in [0.15, 0.2) is 0 Å². The minimum Gasteiger partial charge on any atom is -0.495 e. The van der Waals surface area contributed by atoms with Crippen LogP contribution in [0, 0.1) is 0 Å². The van der Waals surface area contributed by atoms with Gasteiger partial charge in [-0.15, -0.1) is 0 Å². The molecule has 0 aliphatic carbocycles. The van der Waals surface area contributed by atoms with E-state index in [0.29, 0.717) is 5.02 Å². The molecule has 8 heteroatoms. The third-order valence-electron chi connectivity index (χ3n) is 2.80. The molecule has 2 aromatic rings. The molecule has 0 bridgehead atoms. The molecule has 0 unspecified atom stereocenters. The van der Waals surface area contributed by atoms with Crippen molar-refractivity contribution >= 4 is 33.3 Å². The number of sulfonamides is 1. The summed E-state index contributed by atoms with van der Waals surface area (Å²) >= 11 is 5.80. The second-order valence-electron chi connectivity index (χ2n) is 4.28. The lowest BCUT2D eigenvalue weighted by Crippen LogP contribution is -2.14. The maximum atomic E-state index is 12.4. The highest BCUT2D eigenvalue weighted by atomic mass is 35.5. The van der Waals surface area contributed by atoms with Crippen LogP contribution in [-0.2, 0) is 10.0 Å². The van der Waals surface area contributed by atoms with Crippen molar-refractivity contribution < 1.29 is 23.1 Å². The van der Waals surface area contributed by atoms with E-state index in [1.54, 1.807) is 0 Å². The van der Waals surface area contributed by atoms with E-state index in [4.69, 9.17) is 21.4 Å². The molecule has 0 fully saturated rings. The first kappa shape index (κ1) is 16.1. The molecule has 6 nitrogen and oxygen atoms in total. The highest BCUT2D eigenvalue weighted by Crippen LogP contribution is 2.28. The number of ether oxygens (including phenoxy) is 1. The first-order chi connectivity index (χ1) is 10.3. The van der Waals surface area contributed by atoms with Crippen LogP contribution in [0.25, 0.3) is 0 Å². The van der Waals surface area contributed by atoms with Crippen molar-refractivity contribution in [2.24, 2.45) is 0 Å². The molecule has 2 aromatic carbocycles. The topological polar surface area (TPSA) is 92.7 Å². The summed E-state index contributed by atoms with van der Waals surface area (Å²) in [6.07, 6.45) is 0. The van der Waals surface area contributed by atoms with E-state index in [0.717, 1.165) is 0 Å². The predicted octanol–water partition coefficient (Wildman–Crippen LogP) is 2.85. The average molecular weight is 342 g/mol. The van der Waals surface area contributed by atoms with E-state index in [1.165, 1.54) is 49.6 Å². The maximum Gasteiger partial charge on any atom is 0.335 e. The minimum atomic E-state index is -3.89. The van der Waals surface area contributed by atoms with Crippen molar-refractivity contribution in [3.05, 3.63) is 53.1 Å². The molecule has 0 saturated carbocycles. The lowest BCUT2D eigenvalue weighted by Gasteiger charge is -2.12. The highest BCUT2D eigenvalue weighted by Gasteiger charge is 2.20. The number of carboxylic acid groups (broad SMARTS) is 1. The molecule has 0 saturated heterocycles. The molecule has 116 valence electrons. The smallest absolute Gasteiger partial charge is 0.335 e. The fourth-order valence-corrected chi connectivity index (χ4v) is 3.13. The van der Waals surface area contributed by atoms with Gasteiger partial charge in [-0.1, -0.05) is 11.6 Å². The van der Waals surface area contributed by atoms with Crippen LogP contribution in [0.4, 0.5) is 5.69 Å². The number of carbonyl (C=O) groups is 1. The van der Waals surface area contributed by atoms with Gasteiger partial charge in [0.1, 0.15) is 10.6 Å². The van der Waals surface area contributed by atoms with Crippen molar-refractivity contribution in [3.63, 3.8) is 0 Å². The Hall–Kier alpha value is -2.25. The van der Waals surface area contributed by atoms with Gasteiger partial charge in [0.05, 0.1) is 12.7 Å². The van der Waals surface area contributed by atoms with Crippen LogP contribution in [0.15, 0.2) is 47.4 Å². The van der Waals surface area contributed by atoms with E-state index in [9.17, 15) is 13.2 Å². The maximum absolute atomic E-state index is 12.4. The summed E-state index contributed by atoms with van der Waals surface area (Å²) < 4.78 is 32.1. The number of rotatable bonds is 5. The Labute approximate surface area is 132 Å². The number of hydrogen-bond acceptors (Lipinski definition) is 4. The Balaban J connectivity index is 2.33. The molecule has 0 spiro atoms. The summed E-state index contributed by atoms with van der Waals surface area (Å²) in [5.74, 6) is -0.976. The van der Waals surface area contributed by atoms with Gasteiger partial charge in [-0.05, 0) is 36.4 Å². The number of halogens is 1. The molecule has 22 heavy (non-hydrogen) atoms. The summed E-state index contributed by atoms with van der Waals surface area (Å²) in [5, 5.41) is 9.16. The van der Waals surface area contributed by atoms with Crippen molar-refractivity contribution in [2.75, 3.05) is 11.8 Å². The highest BCUT2D eigenvalue weighted by molar-refractivity contribution is 7.92. The Kier molecular flexibility index (Phi) is 4.58. The number of benzene rings is 2. The van der Waals surface area contributed by atoms with E-state index >= 15 is 0 Å². The molecule has 0 aromatic heterocycles. The predicted molar refractivity (Wildman–Crippen MR) is 82.2 cm³/mol. The Morgan fingerprint density at radius 2 is 1.82 bits per heavy atom. The van der Waals surface area contributed by atoms with Crippen LogP contribution >= 0.6 is 11.6 Å². The van der Waals surface area contributed by atoms with Crippen molar-refractivity contribution in [1.29, 1.82) is 0 Å². The first-order valence-electron chi connectivity index (χ1n) is 6.03. The number of nitrogens with one attached hydrogen (secondary N) is 1. The number of aromatic carboxylic acids is 1. The molecular formula is C14H12ClNO5S. The van der Waals surface area contributed by atoms with E-state index in [-0.39, 0.29) is 21.9 Å². The number of hydrogen-bond donors (Lipinski definition) is 2. The standard InChI is InChI=1S/C14H12ClNO5S/c1-21-12-8-10(15)4-7-13(12)22(19,20)16-11-5-2-9(3-6-11)14(17)18/h2-8,16H,1H3,(H,17,18). The van der Waals surface area contributed by atoms with E-state index in [2.05, 4.69) is 4.72 Å². The second-order valence-corrected chi connectivity index (χ2v) is 6.37. The molecule has 0 radical (unpaired) electrons. The number of methoxy groups -OCH3 is 1. The van der Waals surface area contributed by atoms with Gasteiger partial charge in [-0.2, -0.15) is 0 Å². The van der Waals surface area contributed by atoms with Crippen LogP contribution < -0.4 is 9.46 Å². The number of anilines is 1. The zero-order chi connectivity index (χ0) is 16.3. The minimum absolute atomic E-state index is 0.0621. The van der Waals surface area contributed by atoms with Gasteiger partial charge in [-0.25, -0.2) is 13.2 Å². The Morgan fingerprint density at radius 1 is 1.18 bits per heavy atom. The van der Waals surface area contributed by atoms with Gasteiger partial charge in [0.25, 0.3) is 10.0 Å². The quantitative estimate of drug-likeness (QED) is 0.872. The first-order valence-corrected chi connectivity index (χ1v) is 7.89. The second kappa shape index (κ2) is 6.25. The molecule has 0 atom stereocenters. The number of carboxylic acids is 1. The SMILES string of the molecule is COc1cc(Cl)ccc1S(=O)(=O)Nc1ccc(C(=O)O)cc1. The van der Waals surface area contributed by atoms with Crippen LogP contribution in [0.1, 0.15) is 10.4 Å². The molecular weight excluding hydrogens is 330 g/mol. The molecule has 0 aliphatic rings. The zero-order valence-electron chi connectivity index (χ0n) is 11.4. The van der Waals surface area contributed by atoms with Crippen LogP contribution in [0.2, 0.25) is 5.02 Å². The molecule has 0 aliphatic heterocycles. The van der Waals surface area contributed by atoms with Gasteiger partial charge < -0.3 is 9.84 Å². The summed E-state index contributed by atoms with van der Waals surface area (Å²) in [4.78, 5) is 10.7. The lowest BCUT2D eigenvalue weighted by atomic mass is 10.2. The van der Waals surface area contributed by atoms with Gasteiger partial charge in [0.2, 0.25) is 0 Å². The van der Waals surface area contributed by atoms with E-state index < -0.39 is 16.0 Å². The summed E-state index contributed by atoms with van der Waals surface area (Å²) in [6.45, 7) is 0. The van der Waals surface area contributed by atoms with Crippen LogP contribution in [0.5, 0.6) is 5.75 Å². The molecule has 2 rings (SSSR count). The monoisotopic (exact) mass is 341 g/mol. The van der Waals surface area contributed by atoms with Gasteiger partial charge >= 0.3 is 5.97 Å². The van der Waals surface area contributed by atoms with Crippen LogP contribution in [0.3, 0.4) is 0 Å². The van der Waals surface area contributed by atoms with E-state index in [1.807, 2.05) is 0 Å². The average Bonchev–Trinajstić information content (AvgIpc) is 2.46. The van der Waals surface area contributed by atoms with Crippen molar-refractivity contribution in [2.45, 2.75) is 4.90 Å². The summed E-state index contributed by atoms with van der Waals surface area (Å²) in [6, 6.07) is 9.50. The fourth-order valence-electron chi connectivity index (χ4n) is 1.75. The Morgan fingerprint density at radius 3 is 2.36 bits per heavy atom. The van der Waals surface area contributed by atoms with Gasteiger partial charge in [-0.3, -0.25) is 4.72 Å². The molecule has 0 amide bonds. The summed E-state index contributed by atoms with van der Waals surface area (Å²) in [7, 11) is -2.55. The lowest BCUT2D eigenvalue weighted by molar-refractivity contribution is 0.0697. The summed E-state index contributed by atoms with van der Waals surface area (Å²) in [5.41, 5.74) is 0.300. The third-order valence-corrected chi connectivity index (χ3v) is 4.46. The van der Waals surface area contributed by atoms with Gasteiger partial charge in [0, 0.05) is 16.8 Å².